The Morgan fingerprint density at radius 2 is 2.04 bits per heavy atom. The number of carbonyl (C=O) groups excluding carboxylic acids is 1. The van der Waals surface area contributed by atoms with E-state index in [0.717, 1.165) is 54.3 Å². The third-order valence-corrected chi connectivity index (χ3v) is 4.73. The van der Waals surface area contributed by atoms with Crippen molar-refractivity contribution in [1.82, 2.24) is 24.6 Å². The van der Waals surface area contributed by atoms with Gasteiger partial charge in [0.25, 0.3) is 0 Å². The number of aromatic nitrogens is 4. The van der Waals surface area contributed by atoms with Gasteiger partial charge in [-0.05, 0) is 32.6 Å². The van der Waals surface area contributed by atoms with Gasteiger partial charge in [0.15, 0.2) is 0 Å². The van der Waals surface area contributed by atoms with Crippen molar-refractivity contribution in [3.05, 3.63) is 29.5 Å². The van der Waals surface area contributed by atoms with Crippen molar-refractivity contribution in [3.8, 4) is 11.3 Å². The Labute approximate surface area is 136 Å². The summed E-state index contributed by atoms with van der Waals surface area (Å²) in [5, 5.41) is 4.49. The number of hydrogen-bond acceptors (Lipinski definition) is 4. The van der Waals surface area contributed by atoms with Crippen LogP contribution in [0.25, 0.3) is 11.3 Å². The van der Waals surface area contributed by atoms with E-state index in [9.17, 15) is 4.79 Å². The Morgan fingerprint density at radius 1 is 1.30 bits per heavy atom. The normalized spacial score (nSPS) is 17.7. The highest BCUT2D eigenvalue weighted by Gasteiger charge is 2.26. The van der Waals surface area contributed by atoms with Crippen molar-refractivity contribution < 1.29 is 4.79 Å². The Bertz CT molecular complexity index is 737. The van der Waals surface area contributed by atoms with E-state index in [1.165, 1.54) is 0 Å². The van der Waals surface area contributed by atoms with Crippen LogP contribution in [0.5, 0.6) is 0 Å². The first-order valence-corrected chi connectivity index (χ1v) is 8.03. The van der Waals surface area contributed by atoms with Crippen LogP contribution >= 0.6 is 0 Å². The highest BCUT2D eigenvalue weighted by molar-refractivity contribution is 5.73. The van der Waals surface area contributed by atoms with Gasteiger partial charge >= 0.3 is 0 Å². The third-order valence-electron chi connectivity index (χ3n) is 4.73. The summed E-state index contributed by atoms with van der Waals surface area (Å²) in [5.74, 6) is 0.609. The van der Waals surface area contributed by atoms with Crippen LogP contribution < -0.4 is 0 Å². The molecular formula is C17H23N5O. The summed E-state index contributed by atoms with van der Waals surface area (Å²) in [6, 6.07) is 0. The minimum absolute atomic E-state index is 0.158. The minimum atomic E-state index is 0.158. The monoisotopic (exact) mass is 313 g/mol. The van der Waals surface area contributed by atoms with E-state index < -0.39 is 0 Å². The van der Waals surface area contributed by atoms with Crippen LogP contribution in [0.15, 0.2) is 12.4 Å². The fourth-order valence-corrected chi connectivity index (χ4v) is 3.40. The van der Waals surface area contributed by atoms with Crippen molar-refractivity contribution in [3.63, 3.8) is 0 Å². The molecule has 1 aliphatic rings. The zero-order valence-corrected chi connectivity index (χ0v) is 14.2. The van der Waals surface area contributed by atoms with Crippen molar-refractivity contribution >= 4 is 5.91 Å². The molecule has 6 heteroatoms. The van der Waals surface area contributed by atoms with E-state index in [-0.39, 0.29) is 5.91 Å². The quantitative estimate of drug-likeness (QED) is 0.868. The molecule has 1 saturated heterocycles. The first kappa shape index (κ1) is 15.6. The number of rotatable bonds is 3. The zero-order valence-electron chi connectivity index (χ0n) is 14.2. The average Bonchev–Trinajstić information content (AvgIpc) is 3.06. The Kier molecular flexibility index (Phi) is 4.15. The van der Waals surface area contributed by atoms with Gasteiger partial charge < -0.3 is 4.90 Å². The molecule has 1 aliphatic heterocycles. The summed E-state index contributed by atoms with van der Waals surface area (Å²) in [6.07, 6.45) is 5.36. The van der Waals surface area contributed by atoms with Crippen LogP contribution in [0.1, 0.15) is 30.4 Å². The van der Waals surface area contributed by atoms with E-state index in [2.05, 4.69) is 22.0 Å². The minimum Gasteiger partial charge on any atom is -0.343 e. The lowest BCUT2D eigenvalue weighted by molar-refractivity contribution is -0.127. The Balaban J connectivity index is 1.89. The second kappa shape index (κ2) is 6.10. The van der Waals surface area contributed by atoms with Crippen LogP contribution in [-0.4, -0.2) is 43.6 Å². The predicted octanol–water partition coefficient (Wildman–Crippen LogP) is 1.90. The van der Waals surface area contributed by atoms with Gasteiger partial charge in [-0.2, -0.15) is 5.10 Å². The Hall–Kier alpha value is -2.24. The largest absolute Gasteiger partial charge is 0.343 e. The molecule has 2 aromatic rings. The van der Waals surface area contributed by atoms with Gasteiger partial charge in [-0.3, -0.25) is 19.4 Å². The SMILES string of the molecule is CC(=O)N1CC[C@@H](Cc2nccnc2-c2c(C)nn(C)c2C)C1. The number of aryl methyl sites for hydroxylation is 2. The maximum atomic E-state index is 11.5. The molecule has 0 radical (unpaired) electrons. The molecule has 0 spiro atoms. The molecule has 0 N–H and O–H groups in total. The molecule has 0 aromatic carbocycles. The third kappa shape index (κ3) is 2.98. The summed E-state index contributed by atoms with van der Waals surface area (Å²) in [5.41, 5.74) is 5.08. The molecule has 1 amide bonds. The van der Waals surface area contributed by atoms with Crippen LogP contribution in [0.3, 0.4) is 0 Å². The number of hydrogen-bond donors (Lipinski definition) is 0. The van der Waals surface area contributed by atoms with Crippen molar-refractivity contribution in [2.75, 3.05) is 13.1 Å². The first-order chi connectivity index (χ1) is 11.0. The van der Waals surface area contributed by atoms with E-state index in [0.29, 0.717) is 5.92 Å². The lowest BCUT2D eigenvalue weighted by Crippen LogP contribution is -2.26. The highest BCUT2D eigenvalue weighted by atomic mass is 16.2. The molecule has 122 valence electrons. The molecule has 0 bridgehead atoms. The van der Waals surface area contributed by atoms with Gasteiger partial charge in [0.05, 0.1) is 17.1 Å². The molecule has 3 rings (SSSR count). The van der Waals surface area contributed by atoms with Gasteiger partial charge in [-0.15, -0.1) is 0 Å². The van der Waals surface area contributed by atoms with E-state index in [1.54, 1.807) is 19.3 Å². The molecule has 0 saturated carbocycles. The molecule has 6 nitrogen and oxygen atoms in total. The number of nitrogens with zero attached hydrogens (tertiary/aromatic N) is 5. The summed E-state index contributed by atoms with van der Waals surface area (Å²) in [4.78, 5) is 22.6. The van der Waals surface area contributed by atoms with Crippen LogP contribution in [0.2, 0.25) is 0 Å². The predicted molar refractivity (Wildman–Crippen MR) is 87.8 cm³/mol. The van der Waals surface area contributed by atoms with Crippen molar-refractivity contribution in [1.29, 1.82) is 0 Å². The van der Waals surface area contributed by atoms with E-state index >= 15 is 0 Å². The molecule has 3 heterocycles. The Morgan fingerprint density at radius 3 is 2.65 bits per heavy atom. The maximum Gasteiger partial charge on any atom is 0.219 e. The molecule has 23 heavy (non-hydrogen) atoms. The average molecular weight is 313 g/mol. The molecule has 2 aromatic heterocycles. The van der Waals surface area contributed by atoms with Crippen LogP contribution in [-0.2, 0) is 18.3 Å². The first-order valence-electron chi connectivity index (χ1n) is 8.03. The van der Waals surface area contributed by atoms with Crippen LogP contribution in [0.4, 0.5) is 0 Å². The molecular weight excluding hydrogens is 290 g/mol. The number of likely N-dealkylation sites (tertiary alicyclic amines) is 1. The van der Waals surface area contributed by atoms with Gasteiger partial charge in [0, 0.05) is 50.7 Å². The lowest BCUT2D eigenvalue weighted by atomic mass is 9.98. The second-order valence-corrected chi connectivity index (χ2v) is 6.34. The van der Waals surface area contributed by atoms with Crippen molar-refractivity contribution in [2.24, 2.45) is 13.0 Å². The topological polar surface area (TPSA) is 63.9 Å². The van der Waals surface area contributed by atoms with Gasteiger partial charge in [-0.1, -0.05) is 0 Å². The van der Waals surface area contributed by atoms with Crippen LogP contribution in [0, 0.1) is 19.8 Å². The molecule has 1 fully saturated rings. The molecule has 0 unspecified atom stereocenters. The van der Waals surface area contributed by atoms with Gasteiger partial charge in [-0.25, -0.2) is 0 Å². The fourth-order valence-electron chi connectivity index (χ4n) is 3.40. The standard InChI is InChI=1S/C17H23N5O/c1-11-16(12(2)21(4)20-11)17-15(18-6-7-19-17)9-14-5-8-22(10-14)13(3)23/h6-7,14H,5,8-10H2,1-4H3/t14-/m0/s1. The second-order valence-electron chi connectivity index (χ2n) is 6.34. The van der Waals surface area contributed by atoms with E-state index in [1.807, 2.05) is 23.6 Å². The summed E-state index contributed by atoms with van der Waals surface area (Å²) in [7, 11) is 1.95. The van der Waals surface area contributed by atoms with Gasteiger partial charge in [0.1, 0.15) is 0 Å². The van der Waals surface area contributed by atoms with E-state index in [4.69, 9.17) is 0 Å². The summed E-state index contributed by atoms with van der Waals surface area (Å²) in [6.45, 7) is 7.37. The lowest BCUT2D eigenvalue weighted by Gasteiger charge is -2.15. The number of amides is 1. The summed E-state index contributed by atoms with van der Waals surface area (Å²) < 4.78 is 1.89. The van der Waals surface area contributed by atoms with Crippen molar-refractivity contribution in [2.45, 2.75) is 33.6 Å². The molecule has 0 aliphatic carbocycles. The fraction of sp³-hybridized carbons (Fsp3) is 0.529. The summed E-state index contributed by atoms with van der Waals surface area (Å²) >= 11 is 0. The molecule has 1 atom stereocenters. The number of carbonyl (C=O) groups is 1. The zero-order chi connectivity index (χ0) is 16.6. The maximum absolute atomic E-state index is 11.5. The highest BCUT2D eigenvalue weighted by Crippen LogP contribution is 2.29. The smallest absolute Gasteiger partial charge is 0.219 e. The van der Waals surface area contributed by atoms with Gasteiger partial charge in [0.2, 0.25) is 5.91 Å².